The van der Waals surface area contributed by atoms with Crippen molar-refractivity contribution in [3.8, 4) is 11.5 Å². The van der Waals surface area contributed by atoms with Crippen molar-refractivity contribution >= 4 is 38.3 Å². The van der Waals surface area contributed by atoms with Gasteiger partial charge in [0.15, 0.2) is 17.3 Å². The molecule has 0 aliphatic carbocycles. The molecule has 0 unspecified atom stereocenters. The van der Waals surface area contributed by atoms with Gasteiger partial charge in [-0.3, -0.25) is 4.79 Å². The van der Waals surface area contributed by atoms with Crippen LogP contribution in [0, 0.1) is 6.92 Å². The first-order valence-electron chi connectivity index (χ1n) is 12.8. The van der Waals surface area contributed by atoms with Crippen molar-refractivity contribution in [3.05, 3.63) is 126 Å². The zero-order valence-corrected chi connectivity index (χ0v) is 23.7. The summed E-state index contributed by atoms with van der Waals surface area (Å²) in [4.78, 5) is 13.9. The summed E-state index contributed by atoms with van der Waals surface area (Å²) in [6, 6.07) is 28.1. The molecule has 0 aliphatic rings. The molecule has 5 aromatic rings. The summed E-state index contributed by atoms with van der Waals surface area (Å²) in [7, 11) is -2.41. The third kappa shape index (κ3) is 5.35. The maximum Gasteiger partial charge on any atom is 0.268 e. The van der Waals surface area contributed by atoms with E-state index in [1.165, 1.54) is 25.4 Å². The summed E-state index contributed by atoms with van der Waals surface area (Å²) in [5.74, 6) is 0.939. The smallest absolute Gasteiger partial charge is 0.268 e. The number of para-hydroxylation sites is 1. The molecule has 6 nitrogen and oxygen atoms in total. The number of fused-ring (bicyclic) bond motifs is 1. The number of methoxy groups -OCH3 is 1. The molecule has 0 spiro atoms. The van der Waals surface area contributed by atoms with Crippen molar-refractivity contribution in [1.82, 2.24) is 3.97 Å². The average Bonchev–Trinajstić information content (AvgIpc) is 3.38. The Balaban J connectivity index is 1.51. The molecular formula is C32H28ClNO5S. The van der Waals surface area contributed by atoms with Crippen molar-refractivity contribution < 1.29 is 22.7 Å². The summed E-state index contributed by atoms with van der Waals surface area (Å²) in [6.07, 6.45) is 1.68. The monoisotopic (exact) mass is 573 g/mol. The van der Waals surface area contributed by atoms with Crippen LogP contribution in [0.1, 0.15) is 39.6 Å². The van der Waals surface area contributed by atoms with E-state index in [-0.39, 0.29) is 22.3 Å². The molecule has 0 saturated carbocycles. The number of carbonyl (C=O) groups excluding carboxylic acids is 1. The van der Waals surface area contributed by atoms with Gasteiger partial charge in [-0.05, 0) is 48.9 Å². The Bertz CT molecular complexity index is 1760. The maximum atomic E-state index is 13.8. The molecule has 0 saturated heterocycles. The van der Waals surface area contributed by atoms with Crippen LogP contribution in [0.5, 0.6) is 11.5 Å². The van der Waals surface area contributed by atoms with Gasteiger partial charge in [-0.2, -0.15) is 0 Å². The minimum Gasteiger partial charge on any atom is -0.493 e. The summed E-state index contributed by atoms with van der Waals surface area (Å²) in [5.41, 5.74) is 3.16. The fraction of sp³-hybridized carbons (Fsp3) is 0.156. The molecule has 1 atom stereocenters. The second kappa shape index (κ2) is 11.6. The van der Waals surface area contributed by atoms with E-state index in [2.05, 4.69) is 0 Å². The molecular weight excluding hydrogens is 546 g/mol. The minimum absolute atomic E-state index is 0.137. The van der Waals surface area contributed by atoms with Gasteiger partial charge in [0.05, 0.1) is 17.5 Å². The minimum atomic E-state index is -3.92. The van der Waals surface area contributed by atoms with Crippen LogP contribution in [0.25, 0.3) is 10.9 Å². The Kier molecular flexibility index (Phi) is 7.96. The van der Waals surface area contributed by atoms with E-state index in [4.69, 9.17) is 21.1 Å². The Morgan fingerprint density at radius 3 is 2.30 bits per heavy atom. The number of aryl methyl sites for hydroxylation is 1. The van der Waals surface area contributed by atoms with Crippen LogP contribution in [-0.4, -0.2) is 31.2 Å². The van der Waals surface area contributed by atoms with Gasteiger partial charge < -0.3 is 9.47 Å². The van der Waals surface area contributed by atoms with Crippen LogP contribution in [0.3, 0.4) is 0 Å². The second-order valence-electron chi connectivity index (χ2n) is 9.36. The number of ether oxygens (including phenoxy) is 2. The van der Waals surface area contributed by atoms with E-state index in [1.807, 2.05) is 31.2 Å². The number of alkyl halides is 1. The van der Waals surface area contributed by atoms with Gasteiger partial charge >= 0.3 is 0 Å². The lowest BCUT2D eigenvalue weighted by molar-refractivity contribution is 0.103. The van der Waals surface area contributed by atoms with E-state index in [9.17, 15) is 13.2 Å². The molecule has 1 aromatic heterocycles. The quantitative estimate of drug-likeness (QED) is 0.131. The first-order valence-corrected chi connectivity index (χ1v) is 14.7. The third-order valence-electron chi connectivity index (χ3n) is 6.74. The highest BCUT2D eigenvalue weighted by Crippen LogP contribution is 2.35. The van der Waals surface area contributed by atoms with Crippen molar-refractivity contribution in [2.45, 2.75) is 24.3 Å². The van der Waals surface area contributed by atoms with Crippen molar-refractivity contribution in [3.63, 3.8) is 0 Å². The molecule has 204 valence electrons. The molecule has 0 aliphatic heterocycles. The molecule has 5 rings (SSSR count). The largest absolute Gasteiger partial charge is 0.493 e. The third-order valence-corrected chi connectivity index (χ3v) is 8.64. The zero-order chi connectivity index (χ0) is 28.3. The normalized spacial score (nSPS) is 12.3. The summed E-state index contributed by atoms with van der Waals surface area (Å²) < 4.78 is 40.0. The van der Waals surface area contributed by atoms with Gasteiger partial charge in [0.1, 0.15) is 6.10 Å². The van der Waals surface area contributed by atoms with Crippen LogP contribution >= 0.6 is 11.6 Å². The fourth-order valence-corrected chi connectivity index (χ4v) is 6.21. The predicted molar refractivity (Wildman–Crippen MR) is 157 cm³/mol. The van der Waals surface area contributed by atoms with Gasteiger partial charge in [-0.1, -0.05) is 66.2 Å². The van der Waals surface area contributed by atoms with Crippen LogP contribution < -0.4 is 9.47 Å². The van der Waals surface area contributed by atoms with Crippen LogP contribution in [0.15, 0.2) is 108 Å². The number of hydrogen-bond acceptors (Lipinski definition) is 5. The lowest BCUT2D eigenvalue weighted by Gasteiger charge is -2.21. The van der Waals surface area contributed by atoms with Crippen LogP contribution in [0.2, 0.25) is 0 Å². The number of carbonyl (C=O) groups is 1. The van der Waals surface area contributed by atoms with Crippen LogP contribution in [0.4, 0.5) is 0 Å². The Hall–Kier alpha value is -4.07. The molecule has 0 amide bonds. The highest BCUT2D eigenvalue weighted by atomic mass is 35.5. The molecule has 40 heavy (non-hydrogen) atoms. The molecule has 4 aromatic carbocycles. The molecule has 8 heteroatoms. The van der Waals surface area contributed by atoms with Gasteiger partial charge in [0, 0.05) is 35.0 Å². The molecule has 0 N–H and O–H groups in total. The van der Waals surface area contributed by atoms with Gasteiger partial charge in [-0.15, -0.1) is 11.6 Å². The first kappa shape index (κ1) is 27.5. The van der Waals surface area contributed by atoms with Crippen molar-refractivity contribution in [1.29, 1.82) is 0 Å². The van der Waals surface area contributed by atoms with Crippen LogP contribution in [-0.2, 0) is 10.0 Å². The average molecular weight is 574 g/mol. The number of hydrogen-bond donors (Lipinski definition) is 0. The Morgan fingerprint density at radius 1 is 0.900 bits per heavy atom. The number of rotatable bonds is 10. The number of aromatic nitrogens is 1. The number of benzene rings is 4. The highest BCUT2D eigenvalue weighted by molar-refractivity contribution is 7.90. The SMILES string of the molecule is COc1cc(C(=O)c2cn(S(=O)(=O)c3ccccc3)c3ccccc23)ccc1O[C@@H](CCCl)c1ccc(C)cc1. The van der Waals surface area contributed by atoms with Gasteiger partial charge in [0.25, 0.3) is 10.0 Å². The fourth-order valence-electron chi connectivity index (χ4n) is 4.62. The van der Waals surface area contributed by atoms with Crippen molar-refractivity contribution in [2.24, 2.45) is 0 Å². The Labute approximate surface area is 238 Å². The standard InChI is InChI=1S/C32H28ClNO5S/c1-22-12-14-23(15-13-22)29(18-19-33)39-30-17-16-24(20-31(30)38-2)32(35)27-21-34(28-11-7-6-10-26(27)28)40(36,37)25-8-4-3-5-9-25/h3-17,20-21,29H,18-19H2,1-2H3/t29-/m0/s1. The van der Waals surface area contributed by atoms with E-state index < -0.39 is 10.0 Å². The van der Waals surface area contributed by atoms with Crippen molar-refractivity contribution in [2.75, 3.05) is 13.0 Å². The lowest BCUT2D eigenvalue weighted by Crippen LogP contribution is -2.12. The summed E-state index contributed by atoms with van der Waals surface area (Å²) >= 11 is 6.07. The van der Waals surface area contributed by atoms with E-state index in [1.54, 1.807) is 60.7 Å². The van der Waals surface area contributed by atoms with E-state index in [0.717, 1.165) is 15.1 Å². The Morgan fingerprint density at radius 2 is 1.60 bits per heavy atom. The zero-order valence-electron chi connectivity index (χ0n) is 22.1. The van der Waals surface area contributed by atoms with E-state index >= 15 is 0 Å². The molecule has 0 bridgehead atoms. The summed E-state index contributed by atoms with van der Waals surface area (Å²) in [6.45, 7) is 2.02. The molecule has 1 heterocycles. The molecule has 0 radical (unpaired) electrons. The van der Waals surface area contributed by atoms with Gasteiger partial charge in [0.2, 0.25) is 0 Å². The number of ketones is 1. The number of nitrogens with zero attached hydrogens (tertiary/aromatic N) is 1. The topological polar surface area (TPSA) is 74.6 Å². The predicted octanol–water partition coefficient (Wildman–Crippen LogP) is 7.18. The first-order chi connectivity index (χ1) is 19.3. The lowest BCUT2D eigenvalue weighted by atomic mass is 10.0. The second-order valence-corrected chi connectivity index (χ2v) is 11.6. The maximum absolute atomic E-state index is 13.8. The van der Waals surface area contributed by atoms with Gasteiger partial charge in [-0.25, -0.2) is 12.4 Å². The highest BCUT2D eigenvalue weighted by Gasteiger charge is 2.25. The number of halogens is 1. The molecule has 0 fully saturated rings. The van der Waals surface area contributed by atoms with E-state index in [0.29, 0.717) is 40.3 Å². The summed E-state index contributed by atoms with van der Waals surface area (Å²) in [5, 5.41) is 0.535.